The minimum absolute atomic E-state index is 0.0235. The van der Waals surface area contributed by atoms with Crippen molar-refractivity contribution < 1.29 is 19.1 Å². The highest BCUT2D eigenvalue weighted by molar-refractivity contribution is 5.93. The van der Waals surface area contributed by atoms with Crippen LogP contribution in [0.5, 0.6) is 0 Å². The topological polar surface area (TPSA) is 55.8 Å². The van der Waals surface area contributed by atoms with E-state index in [0.29, 0.717) is 12.2 Å². The van der Waals surface area contributed by atoms with Crippen molar-refractivity contribution in [2.45, 2.75) is 59.2 Å². The predicted molar refractivity (Wildman–Crippen MR) is 99.0 cm³/mol. The van der Waals surface area contributed by atoms with Crippen LogP contribution in [0.25, 0.3) is 0 Å². The quantitative estimate of drug-likeness (QED) is 0.773. The molecule has 0 bridgehead atoms. The summed E-state index contributed by atoms with van der Waals surface area (Å²) in [5, 5.41) is 0. The summed E-state index contributed by atoms with van der Waals surface area (Å²) in [6, 6.07) is 3.94. The van der Waals surface area contributed by atoms with Gasteiger partial charge < -0.3 is 14.4 Å². The zero-order valence-corrected chi connectivity index (χ0v) is 16.3. The predicted octanol–water partition coefficient (Wildman–Crippen LogP) is 3.26. The second-order valence-corrected chi connectivity index (χ2v) is 8.35. The number of cyclic esters (lactones) is 1. The molecule has 1 aromatic carbocycles. The Bertz CT molecular complexity index is 697. The molecule has 1 fully saturated rings. The van der Waals surface area contributed by atoms with E-state index >= 15 is 0 Å². The van der Waals surface area contributed by atoms with Crippen LogP contribution in [0.15, 0.2) is 12.1 Å². The Kier molecular flexibility index (Phi) is 5.37. The fourth-order valence-electron chi connectivity index (χ4n) is 3.72. The van der Waals surface area contributed by atoms with Crippen molar-refractivity contribution in [2.24, 2.45) is 5.92 Å². The maximum Gasteiger partial charge on any atom is 0.338 e. The van der Waals surface area contributed by atoms with Gasteiger partial charge in [0.1, 0.15) is 12.2 Å². The van der Waals surface area contributed by atoms with E-state index in [1.165, 1.54) is 11.1 Å². The second kappa shape index (κ2) is 7.39. The standard InChI is InChI=1S/C21H29NO4/c1-14-15(5-6-17-18(14)13-25-20(17)24)7-10-22-11-8-16(9-12-22)19(23)26-21(2,3)4/h5-6,16H,7-13H2,1-4H3. The number of likely N-dealkylation sites (tertiary alicyclic amines) is 1. The van der Waals surface area contributed by atoms with Gasteiger partial charge >= 0.3 is 11.9 Å². The Morgan fingerprint density at radius 2 is 1.96 bits per heavy atom. The zero-order chi connectivity index (χ0) is 18.9. The third kappa shape index (κ3) is 4.26. The highest BCUT2D eigenvalue weighted by Crippen LogP contribution is 2.27. The molecule has 5 nitrogen and oxygen atoms in total. The van der Waals surface area contributed by atoms with Gasteiger partial charge in [0.2, 0.25) is 0 Å². The largest absolute Gasteiger partial charge is 0.460 e. The lowest BCUT2D eigenvalue weighted by Crippen LogP contribution is -2.39. The van der Waals surface area contributed by atoms with Crippen LogP contribution in [-0.4, -0.2) is 42.1 Å². The molecule has 0 radical (unpaired) electrons. The molecule has 0 unspecified atom stereocenters. The average Bonchev–Trinajstić information content (AvgIpc) is 2.95. The summed E-state index contributed by atoms with van der Waals surface area (Å²) < 4.78 is 10.6. The van der Waals surface area contributed by atoms with Crippen molar-refractivity contribution >= 4 is 11.9 Å². The number of nitrogens with zero attached hydrogens (tertiary/aromatic N) is 1. The van der Waals surface area contributed by atoms with Crippen molar-refractivity contribution in [1.29, 1.82) is 0 Å². The fourth-order valence-corrected chi connectivity index (χ4v) is 3.72. The second-order valence-electron chi connectivity index (χ2n) is 8.35. The highest BCUT2D eigenvalue weighted by atomic mass is 16.6. The summed E-state index contributed by atoms with van der Waals surface area (Å²) in [5.74, 6) is -0.245. The van der Waals surface area contributed by atoms with Crippen LogP contribution in [0.1, 0.15) is 60.7 Å². The molecule has 1 aromatic rings. The maximum absolute atomic E-state index is 12.2. The molecule has 0 saturated carbocycles. The molecule has 1 saturated heterocycles. The van der Waals surface area contributed by atoms with Crippen LogP contribution in [0.2, 0.25) is 0 Å². The van der Waals surface area contributed by atoms with E-state index in [1.54, 1.807) is 0 Å². The lowest BCUT2D eigenvalue weighted by Gasteiger charge is -2.32. The highest BCUT2D eigenvalue weighted by Gasteiger charge is 2.29. The Morgan fingerprint density at radius 1 is 1.27 bits per heavy atom. The van der Waals surface area contributed by atoms with Crippen molar-refractivity contribution in [3.63, 3.8) is 0 Å². The molecule has 2 heterocycles. The van der Waals surface area contributed by atoms with E-state index in [1.807, 2.05) is 32.9 Å². The number of benzene rings is 1. The summed E-state index contributed by atoms with van der Waals surface area (Å²) in [4.78, 5) is 26.2. The molecule has 0 aliphatic carbocycles. The van der Waals surface area contributed by atoms with Gasteiger partial charge in [-0.1, -0.05) is 6.07 Å². The first-order valence-electron chi connectivity index (χ1n) is 9.48. The minimum Gasteiger partial charge on any atom is -0.460 e. The van der Waals surface area contributed by atoms with Crippen LogP contribution in [0, 0.1) is 12.8 Å². The summed E-state index contributed by atoms with van der Waals surface area (Å²) in [6.45, 7) is 11.0. The summed E-state index contributed by atoms with van der Waals surface area (Å²) in [7, 11) is 0. The molecule has 0 spiro atoms. The van der Waals surface area contributed by atoms with E-state index < -0.39 is 5.60 Å². The normalized spacial score (nSPS) is 18.5. The fraction of sp³-hybridized carbons (Fsp3) is 0.619. The summed E-state index contributed by atoms with van der Waals surface area (Å²) >= 11 is 0. The number of fused-ring (bicyclic) bond motifs is 1. The maximum atomic E-state index is 12.2. The Balaban J connectivity index is 1.50. The van der Waals surface area contributed by atoms with Gasteiger partial charge in [0.25, 0.3) is 0 Å². The van der Waals surface area contributed by atoms with Gasteiger partial charge in [0, 0.05) is 12.1 Å². The van der Waals surface area contributed by atoms with Gasteiger partial charge in [-0.3, -0.25) is 4.79 Å². The van der Waals surface area contributed by atoms with Crippen molar-refractivity contribution in [3.8, 4) is 0 Å². The first-order valence-corrected chi connectivity index (χ1v) is 9.48. The van der Waals surface area contributed by atoms with Gasteiger partial charge in [-0.25, -0.2) is 4.79 Å². The molecule has 2 aliphatic rings. The molecule has 142 valence electrons. The van der Waals surface area contributed by atoms with Crippen molar-refractivity contribution in [1.82, 2.24) is 4.90 Å². The van der Waals surface area contributed by atoms with Crippen LogP contribution in [-0.2, 0) is 27.3 Å². The lowest BCUT2D eigenvalue weighted by molar-refractivity contribution is -0.161. The molecule has 0 amide bonds. The number of ether oxygens (including phenoxy) is 2. The molecule has 0 atom stereocenters. The number of hydrogen-bond acceptors (Lipinski definition) is 5. The van der Waals surface area contributed by atoms with Gasteiger partial charge in [-0.15, -0.1) is 0 Å². The first-order chi connectivity index (χ1) is 12.2. The van der Waals surface area contributed by atoms with E-state index in [0.717, 1.165) is 44.5 Å². The smallest absolute Gasteiger partial charge is 0.338 e. The number of carbonyl (C=O) groups is 2. The van der Waals surface area contributed by atoms with Gasteiger partial charge in [0.15, 0.2) is 0 Å². The summed E-state index contributed by atoms with van der Waals surface area (Å²) in [6.07, 6.45) is 2.67. The first kappa shape index (κ1) is 18.9. The van der Waals surface area contributed by atoms with Gasteiger partial charge in [0.05, 0.1) is 11.5 Å². The van der Waals surface area contributed by atoms with E-state index in [9.17, 15) is 9.59 Å². The third-order valence-electron chi connectivity index (χ3n) is 5.30. The average molecular weight is 359 g/mol. The molecular weight excluding hydrogens is 330 g/mol. The summed E-state index contributed by atoms with van der Waals surface area (Å²) in [5.41, 5.74) is 3.79. The minimum atomic E-state index is -0.412. The number of hydrogen-bond donors (Lipinski definition) is 0. The van der Waals surface area contributed by atoms with E-state index in [2.05, 4.69) is 11.8 Å². The molecule has 5 heteroatoms. The number of carbonyl (C=O) groups excluding carboxylic acids is 2. The van der Waals surface area contributed by atoms with Crippen LogP contribution in [0.3, 0.4) is 0 Å². The molecule has 26 heavy (non-hydrogen) atoms. The molecular formula is C21H29NO4. The SMILES string of the molecule is Cc1c(CCN2CCC(C(=O)OC(C)(C)C)CC2)ccc2c1COC2=O. The zero-order valence-electron chi connectivity index (χ0n) is 16.3. The van der Waals surface area contributed by atoms with Crippen molar-refractivity contribution in [3.05, 3.63) is 34.4 Å². The van der Waals surface area contributed by atoms with Gasteiger partial charge in [-0.05, 0) is 77.2 Å². The molecule has 0 N–H and O–H groups in total. The molecule has 2 aliphatic heterocycles. The monoisotopic (exact) mass is 359 g/mol. The van der Waals surface area contributed by atoms with Crippen molar-refractivity contribution in [2.75, 3.05) is 19.6 Å². The van der Waals surface area contributed by atoms with E-state index in [4.69, 9.17) is 9.47 Å². The Hall–Kier alpha value is -1.88. The Morgan fingerprint density at radius 3 is 2.62 bits per heavy atom. The molecule has 0 aromatic heterocycles. The number of piperidine rings is 1. The molecule has 3 rings (SSSR count). The van der Waals surface area contributed by atoms with Gasteiger partial charge in [-0.2, -0.15) is 0 Å². The van der Waals surface area contributed by atoms with E-state index in [-0.39, 0.29) is 17.9 Å². The van der Waals surface area contributed by atoms with Crippen LogP contribution < -0.4 is 0 Å². The number of rotatable bonds is 4. The van der Waals surface area contributed by atoms with Crippen LogP contribution >= 0.6 is 0 Å². The lowest BCUT2D eigenvalue weighted by atomic mass is 9.94. The number of esters is 2. The van der Waals surface area contributed by atoms with Crippen LogP contribution in [0.4, 0.5) is 0 Å². The Labute approximate surface area is 155 Å². The third-order valence-corrected chi connectivity index (χ3v) is 5.30.